The van der Waals surface area contributed by atoms with Gasteiger partial charge in [0.2, 0.25) is 9.84 Å². The third-order valence-electron chi connectivity index (χ3n) is 3.94. The van der Waals surface area contributed by atoms with Crippen LogP contribution in [0.15, 0.2) is 71.5 Å². The second kappa shape index (κ2) is 8.01. The van der Waals surface area contributed by atoms with E-state index in [4.69, 9.17) is 0 Å². The van der Waals surface area contributed by atoms with Crippen molar-refractivity contribution in [2.75, 3.05) is 0 Å². The average molecular weight is 384 g/mol. The van der Waals surface area contributed by atoms with Gasteiger partial charge >= 0.3 is 0 Å². The van der Waals surface area contributed by atoms with Gasteiger partial charge in [0.25, 0.3) is 0 Å². The predicted molar refractivity (Wildman–Crippen MR) is 94.8 cm³/mol. The maximum Gasteiger partial charge on any atom is 0.206 e. The summed E-state index contributed by atoms with van der Waals surface area (Å²) >= 11 is 0. The second-order valence-electron chi connectivity index (χ2n) is 5.70. The molecule has 0 aromatic heterocycles. The van der Waals surface area contributed by atoms with Crippen molar-refractivity contribution in [1.29, 1.82) is 0 Å². The normalized spacial score (nSPS) is 11.0. The van der Waals surface area contributed by atoms with E-state index in [2.05, 4.69) is 13.2 Å². The van der Waals surface area contributed by atoms with Gasteiger partial charge in [0.1, 0.15) is 0 Å². The molecule has 140 valence electrons. The van der Waals surface area contributed by atoms with Gasteiger partial charge < -0.3 is 19.8 Å². The molecule has 0 fully saturated rings. The molecule has 0 N–H and O–H groups in total. The lowest BCUT2D eigenvalue weighted by Gasteiger charge is -2.14. The van der Waals surface area contributed by atoms with Gasteiger partial charge in [-0.1, -0.05) is 24.3 Å². The first kappa shape index (κ1) is 20.1. The Morgan fingerprint density at radius 1 is 0.815 bits per heavy atom. The fourth-order valence-electron chi connectivity index (χ4n) is 2.66. The molecule has 7 heteroatoms. The summed E-state index contributed by atoms with van der Waals surface area (Å²) in [5, 5.41) is 22.4. The summed E-state index contributed by atoms with van der Waals surface area (Å²) in [6.45, 7) is 7.06. The Kier molecular flexibility index (Phi) is 5.97. The SMILES string of the molecule is C=CCc1cc(S(=O)(=O)c2ccc(C(=O)[O-])c(CC=C)c2)ccc1C(=O)[O-]. The van der Waals surface area contributed by atoms with Crippen LogP contribution in [0.1, 0.15) is 31.8 Å². The Labute approximate surface area is 157 Å². The van der Waals surface area contributed by atoms with E-state index < -0.39 is 21.8 Å². The van der Waals surface area contributed by atoms with Crippen LogP contribution in [0, 0.1) is 0 Å². The highest BCUT2D eigenvalue weighted by atomic mass is 32.2. The number of sulfone groups is 1. The largest absolute Gasteiger partial charge is 0.545 e. The average Bonchev–Trinajstić information content (AvgIpc) is 2.61. The Morgan fingerprint density at radius 3 is 1.48 bits per heavy atom. The van der Waals surface area contributed by atoms with Gasteiger partial charge in [-0.25, -0.2) is 8.42 Å². The number of benzene rings is 2. The molecule has 0 amide bonds. The number of hydrogen-bond acceptors (Lipinski definition) is 6. The number of allylic oxidation sites excluding steroid dienone is 2. The van der Waals surface area contributed by atoms with Crippen molar-refractivity contribution in [3.05, 3.63) is 84.0 Å². The molecule has 0 aliphatic carbocycles. The van der Waals surface area contributed by atoms with Gasteiger partial charge in [-0.05, 0) is 48.2 Å². The first-order chi connectivity index (χ1) is 12.7. The second-order valence-corrected chi connectivity index (χ2v) is 7.65. The fraction of sp³-hybridized carbons (Fsp3) is 0.100. The van der Waals surface area contributed by atoms with Crippen molar-refractivity contribution >= 4 is 21.8 Å². The summed E-state index contributed by atoms with van der Waals surface area (Å²) < 4.78 is 25.9. The molecule has 0 aliphatic heterocycles. The Morgan fingerprint density at radius 2 is 1.19 bits per heavy atom. The van der Waals surface area contributed by atoms with Crippen LogP contribution in [-0.2, 0) is 22.7 Å². The number of carboxylic acid groups (broad SMARTS) is 2. The minimum absolute atomic E-state index is 0.116. The van der Waals surface area contributed by atoms with E-state index in [0.29, 0.717) is 0 Å². The number of hydrogen-bond donors (Lipinski definition) is 0. The van der Waals surface area contributed by atoms with Crippen molar-refractivity contribution in [2.45, 2.75) is 22.6 Å². The molecule has 6 nitrogen and oxygen atoms in total. The van der Waals surface area contributed by atoms with Gasteiger partial charge in [-0.15, -0.1) is 13.2 Å². The lowest BCUT2D eigenvalue weighted by Crippen LogP contribution is -2.24. The summed E-state index contributed by atoms with van der Waals surface area (Å²) in [5.41, 5.74) is 0.273. The number of carbonyl (C=O) groups excluding carboxylic acids is 2. The molecule has 0 radical (unpaired) electrons. The lowest BCUT2D eigenvalue weighted by atomic mass is 10.0. The van der Waals surface area contributed by atoms with Crippen molar-refractivity contribution in [3.63, 3.8) is 0 Å². The summed E-state index contributed by atoms with van der Waals surface area (Å²) in [5.74, 6) is -2.83. The van der Waals surface area contributed by atoms with E-state index in [0.717, 1.165) is 0 Å². The minimum Gasteiger partial charge on any atom is -0.545 e. The molecule has 0 unspecified atom stereocenters. The van der Waals surface area contributed by atoms with Crippen LogP contribution in [0.3, 0.4) is 0 Å². The molecule has 0 bridgehead atoms. The first-order valence-electron chi connectivity index (χ1n) is 7.87. The van der Waals surface area contributed by atoms with E-state index in [1.807, 2.05) is 0 Å². The van der Waals surface area contributed by atoms with E-state index >= 15 is 0 Å². The lowest BCUT2D eigenvalue weighted by molar-refractivity contribution is -0.256. The number of aromatic carboxylic acids is 2. The van der Waals surface area contributed by atoms with Crippen molar-refractivity contribution in [2.24, 2.45) is 0 Å². The van der Waals surface area contributed by atoms with E-state index in [1.54, 1.807) is 0 Å². The highest BCUT2D eigenvalue weighted by Gasteiger charge is 2.20. The van der Waals surface area contributed by atoms with Crippen LogP contribution in [0.2, 0.25) is 0 Å². The monoisotopic (exact) mass is 384 g/mol. The van der Waals surface area contributed by atoms with E-state index in [-0.39, 0.29) is 44.9 Å². The van der Waals surface area contributed by atoms with Crippen molar-refractivity contribution in [3.8, 4) is 0 Å². The van der Waals surface area contributed by atoms with Gasteiger partial charge in [-0.3, -0.25) is 0 Å². The Balaban J connectivity index is 2.61. The molecular formula is C20H16O6S-2. The maximum absolute atomic E-state index is 12.9. The maximum atomic E-state index is 12.9. The molecule has 27 heavy (non-hydrogen) atoms. The van der Waals surface area contributed by atoms with E-state index in [9.17, 15) is 28.2 Å². The van der Waals surface area contributed by atoms with Crippen LogP contribution in [-0.4, -0.2) is 20.4 Å². The summed E-state index contributed by atoms with van der Waals surface area (Å²) in [4.78, 5) is 22.1. The summed E-state index contributed by atoms with van der Waals surface area (Å²) in [6, 6.07) is 7.19. The molecule has 0 heterocycles. The van der Waals surface area contributed by atoms with Gasteiger partial charge in [0.15, 0.2) is 0 Å². The number of rotatable bonds is 8. The van der Waals surface area contributed by atoms with Crippen molar-refractivity contribution in [1.82, 2.24) is 0 Å². The molecule has 2 rings (SSSR count). The summed E-state index contributed by atoms with van der Waals surface area (Å²) in [6.07, 6.45) is 3.21. The summed E-state index contributed by atoms with van der Waals surface area (Å²) in [7, 11) is -4.00. The van der Waals surface area contributed by atoms with Gasteiger partial charge in [0.05, 0.1) is 21.7 Å². The molecule has 0 saturated carbocycles. The third-order valence-corrected chi connectivity index (χ3v) is 5.69. The molecule has 0 atom stereocenters. The van der Waals surface area contributed by atoms with Crippen molar-refractivity contribution < 1.29 is 28.2 Å². The van der Waals surface area contributed by atoms with Crippen LogP contribution < -0.4 is 10.2 Å². The molecule has 0 spiro atoms. The minimum atomic E-state index is -4.00. The van der Waals surface area contributed by atoms with Crippen LogP contribution in [0.4, 0.5) is 0 Å². The standard InChI is InChI=1S/C20H18O6S/c1-3-5-13-11-15(7-9-17(13)19(21)22)27(25,26)16-8-10-18(20(23)24)14(12-16)6-4-2/h3-4,7-12H,1-2,5-6H2,(H,21,22)(H,23,24)/p-2. The van der Waals surface area contributed by atoms with E-state index in [1.165, 1.54) is 48.6 Å². The van der Waals surface area contributed by atoms with Gasteiger partial charge in [0, 0.05) is 11.1 Å². The zero-order valence-corrected chi connectivity index (χ0v) is 15.1. The molecule has 0 saturated heterocycles. The highest BCUT2D eigenvalue weighted by Crippen LogP contribution is 2.26. The topological polar surface area (TPSA) is 114 Å². The van der Waals surface area contributed by atoms with Crippen LogP contribution in [0.5, 0.6) is 0 Å². The Bertz CT molecular complexity index is 957. The van der Waals surface area contributed by atoms with Crippen LogP contribution >= 0.6 is 0 Å². The third kappa shape index (κ3) is 4.15. The quantitative estimate of drug-likeness (QED) is 0.619. The molecule has 2 aromatic carbocycles. The fourth-order valence-corrected chi connectivity index (χ4v) is 4.02. The predicted octanol–water partition coefficient (Wildman–Crippen LogP) is 0.703. The first-order valence-corrected chi connectivity index (χ1v) is 9.36. The highest BCUT2D eigenvalue weighted by molar-refractivity contribution is 7.91. The molecule has 0 aliphatic rings. The number of carboxylic acids is 2. The van der Waals surface area contributed by atoms with Crippen LogP contribution in [0.25, 0.3) is 0 Å². The molecule has 2 aromatic rings. The molecular weight excluding hydrogens is 368 g/mol. The number of carbonyl (C=O) groups is 2. The Hall–Kier alpha value is -3.19. The zero-order valence-electron chi connectivity index (χ0n) is 14.3. The smallest absolute Gasteiger partial charge is 0.206 e. The zero-order chi connectivity index (χ0) is 20.2. The van der Waals surface area contributed by atoms with Gasteiger partial charge in [-0.2, -0.15) is 0 Å².